The SMILES string of the molecule is O=C(Cl)N1CCN(c2cccc(C(=O)N3CCCC3)c2Cl)CC1.O=C(c1cccc(N2CCNCC2)c1Cl)N1CCCC1. The van der Waals surface area contributed by atoms with Crippen LogP contribution in [0.3, 0.4) is 0 Å². The molecule has 4 fully saturated rings. The molecule has 4 heterocycles. The maximum absolute atomic E-state index is 12.6. The fraction of sp³-hybridized carbons (Fsp3) is 0.516. The molecule has 0 spiro atoms. The van der Waals surface area contributed by atoms with Crippen molar-refractivity contribution in [2.75, 3.05) is 88.3 Å². The molecule has 43 heavy (non-hydrogen) atoms. The fourth-order valence-electron chi connectivity index (χ4n) is 6.07. The van der Waals surface area contributed by atoms with Gasteiger partial charge in [-0.15, -0.1) is 0 Å². The Kier molecular flexibility index (Phi) is 10.9. The highest BCUT2D eigenvalue weighted by Gasteiger charge is 2.27. The van der Waals surface area contributed by atoms with Gasteiger partial charge in [-0.25, -0.2) is 0 Å². The molecule has 0 atom stereocenters. The minimum Gasteiger partial charge on any atom is -0.368 e. The zero-order valence-corrected chi connectivity index (χ0v) is 26.6. The highest BCUT2D eigenvalue weighted by atomic mass is 35.5. The van der Waals surface area contributed by atoms with E-state index < -0.39 is 5.37 Å². The molecular weight excluding hydrogens is 611 g/mol. The van der Waals surface area contributed by atoms with Crippen LogP contribution in [0, 0.1) is 0 Å². The summed E-state index contributed by atoms with van der Waals surface area (Å²) in [5, 5.41) is 4.00. The van der Waals surface area contributed by atoms with Crippen LogP contribution in [0.4, 0.5) is 16.2 Å². The van der Waals surface area contributed by atoms with Crippen molar-refractivity contribution in [3.05, 3.63) is 57.6 Å². The van der Waals surface area contributed by atoms with Crippen LogP contribution in [-0.4, -0.2) is 110 Å². The summed E-state index contributed by atoms with van der Waals surface area (Å²) in [6.07, 6.45) is 4.30. The molecule has 6 rings (SSSR count). The van der Waals surface area contributed by atoms with E-state index in [9.17, 15) is 14.4 Å². The number of carbonyl (C=O) groups excluding carboxylic acids is 3. The number of hydrogen-bond acceptors (Lipinski definition) is 6. The van der Waals surface area contributed by atoms with Gasteiger partial charge >= 0.3 is 5.37 Å². The van der Waals surface area contributed by atoms with Gasteiger partial charge in [-0.3, -0.25) is 14.4 Å². The molecule has 2 aromatic carbocycles. The number of piperazine rings is 2. The molecule has 1 N–H and O–H groups in total. The minimum atomic E-state index is -0.422. The molecule has 9 nitrogen and oxygen atoms in total. The van der Waals surface area contributed by atoms with Gasteiger partial charge in [0.25, 0.3) is 11.8 Å². The summed E-state index contributed by atoms with van der Waals surface area (Å²) in [4.78, 5) is 46.0. The number of hydrogen-bond donors (Lipinski definition) is 1. The van der Waals surface area contributed by atoms with Gasteiger partial charge in [0, 0.05) is 78.5 Å². The first kappa shape index (κ1) is 31.7. The summed E-state index contributed by atoms with van der Waals surface area (Å²) in [5.41, 5.74) is 3.03. The van der Waals surface area contributed by atoms with E-state index in [4.69, 9.17) is 34.8 Å². The maximum Gasteiger partial charge on any atom is 0.316 e. The van der Waals surface area contributed by atoms with Crippen LogP contribution in [-0.2, 0) is 0 Å². The Hall–Kier alpha value is -2.72. The fourth-order valence-corrected chi connectivity index (χ4v) is 6.89. The summed E-state index contributed by atoms with van der Waals surface area (Å²) >= 11 is 18.5. The van der Waals surface area contributed by atoms with Gasteiger partial charge in [-0.1, -0.05) is 35.3 Å². The second kappa shape index (κ2) is 14.8. The van der Waals surface area contributed by atoms with Gasteiger partial charge in [-0.05, 0) is 61.5 Å². The van der Waals surface area contributed by atoms with Crippen LogP contribution < -0.4 is 15.1 Å². The van der Waals surface area contributed by atoms with Gasteiger partial charge in [-0.2, -0.15) is 0 Å². The zero-order chi connectivity index (χ0) is 30.3. The Bertz CT molecular complexity index is 1300. The molecule has 0 radical (unpaired) electrons. The lowest BCUT2D eigenvalue weighted by Crippen LogP contribution is -2.47. The molecule has 0 bridgehead atoms. The first-order valence-electron chi connectivity index (χ1n) is 15.2. The number of rotatable bonds is 4. The van der Waals surface area contributed by atoms with E-state index in [2.05, 4.69) is 15.1 Å². The van der Waals surface area contributed by atoms with E-state index in [1.165, 1.54) is 0 Å². The summed E-state index contributed by atoms with van der Waals surface area (Å²) < 4.78 is 0. The van der Waals surface area contributed by atoms with Crippen molar-refractivity contribution in [1.29, 1.82) is 0 Å². The Morgan fingerprint density at radius 3 is 1.40 bits per heavy atom. The van der Waals surface area contributed by atoms with Crippen LogP contribution >= 0.6 is 34.8 Å². The quantitative estimate of drug-likeness (QED) is 0.370. The second-order valence-corrected chi connectivity index (χ2v) is 12.3. The highest BCUT2D eigenvalue weighted by molar-refractivity contribution is 6.62. The number of benzene rings is 2. The number of carbonyl (C=O) groups is 3. The van der Waals surface area contributed by atoms with Crippen molar-refractivity contribution >= 4 is 63.4 Å². The summed E-state index contributed by atoms with van der Waals surface area (Å²) in [6.45, 7) is 9.51. The number of nitrogens with one attached hydrogen (secondary N) is 1. The molecule has 4 aliphatic heterocycles. The van der Waals surface area contributed by atoms with E-state index in [0.29, 0.717) is 47.4 Å². The largest absolute Gasteiger partial charge is 0.368 e. The minimum absolute atomic E-state index is 0.00363. The predicted molar refractivity (Wildman–Crippen MR) is 173 cm³/mol. The lowest BCUT2D eigenvalue weighted by Gasteiger charge is -2.35. The maximum atomic E-state index is 12.6. The molecule has 2 aromatic rings. The van der Waals surface area contributed by atoms with Gasteiger partial charge < -0.3 is 29.8 Å². The molecule has 232 valence electrons. The van der Waals surface area contributed by atoms with Crippen LogP contribution in [0.2, 0.25) is 10.0 Å². The molecule has 0 unspecified atom stereocenters. The smallest absolute Gasteiger partial charge is 0.316 e. The summed E-state index contributed by atoms with van der Waals surface area (Å²) in [5.74, 6) is 0.0772. The zero-order valence-electron chi connectivity index (χ0n) is 24.4. The first-order valence-corrected chi connectivity index (χ1v) is 16.3. The average Bonchev–Trinajstić information content (AvgIpc) is 3.77. The van der Waals surface area contributed by atoms with E-state index in [-0.39, 0.29) is 11.8 Å². The normalized spacial score (nSPS) is 18.9. The van der Waals surface area contributed by atoms with E-state index in [0.717, 1.165) is 89.4 Å². The molecular formula is C31H39Cl3N6O3. The van der Waals surface area contributed by atoms with Gasteiger partial charge in [0.05, 0.1) is 32.5 Å². The van der Waals surface area contributed by atoms with Crippen LogP contribution in [0.15, 0.2) is 36.4 Å². The molecule has 0 saturated carbocycles. The molecule has 3 amide bonds. The monoisotopic (exact) mass is 648 g/mol. The Labute approximate surface area is 268 Å². The third-order valence-corrected chi connectivity index (χ3v) is 9.56. The van der Waals surface area contributed by atoms with Crippen LogP contribution in [0.25, 0.3) is 0 Å². The van der Waals surface area contributed by atoms with Crippen molar-refractivity contribution in [2.45, 2.75) is 25.7 Å². The van der Waals surface area contributed by atoms with Crippen molar-refractivity contribution in [1.82, 2.24) is 20.0 Å². The van der Waals surface area contributed by atoms with Gasteiger partial charge in [0.15, 0.2) is 0 Å². The number of amides is 3. The molecule has 4 saturated heterocycles. The Morgan fingerprint density at radius 2 is 0.977 bits per heavy atom. The number of anilines is 2. The standard InChI is InChI=1S/C16H19Cl2N3O2.C15H20ClN3O/c17-14-12(15(22)20-6-1-2-7-20)4-3-5-13(14)19-8-10-21(11-9-19)16(18)23;16-14-12(15(20)19-8-1-2-9-19)4-3-5-13(14)18-10-6-17-7-11-18/h3-5H,1-2,6-11H2;3-5,17H,1-2,6-11H2. The molecule has 0 aliphatic carbocycles. The number of halogens is 3. The van der Waals surface area contributed by atoms with E-state index >= 15 is 0 Å². The number of likely N-dealkylation sites (tertiary alicyclic amines) is 2. The Morgan fingerprint density at radius 1 is 0.558 bits per heavy atom. The van der Waals surface area contributed by atoms with Crippen molar-refractivity contribution in [2.24, 2.45) is 0 Å². The van der Waals surface area contributed by atoms with Crippen molar-refractivity contribution < 1.29 is 14.4 Å². The van der Waals surface area contributed by atoms with Crippen LogP contribution in [0.5, 0.6) is 0 Å². The molecule has 12 heteroatoms. The van der Waals surface area contributed by atoms with Crippen LogP contribution in [0.1, 0.15) is 46.4 Å². The highest BCUT2D eigenvalue weighted by Crippen LogP contribution is 2.32. The summed E-state index contributed by atoms with van der Waals surface area (Å²) in [7, 11) is 0. The van der Waals surface area contributed by atoms with E-state index in [1.807, 2.05) is 40.1 Å². The van der Waals surface area contributed by atoms with Gasteiger partial charge in [0.1, 0.15) is 0 Å². The summed E-state index contributed by atoms with van der Waals surface area (Å²) in [6, 6.07) is 11.4. The van der Waals surface area contributed by atoms with Crippen molar-refractivity contribution in [3.63, 3.8) is 0 Å². The predicted octanol–water partition coefficient (Wildman–Crippen LogP) is 5.04. The lowest BCUT2D eigenvalue weighted by molar-refractivity contribution is 0.0785. The average molecular weight is 650 g/mol. The molecule has 4 aliphatic rings. The third-order valence-electron chi connectivity index (χ3n) is 8.53. The lowest BCUT2D eigenvalue weighted by atomic mass is 10.1. The van der Waals surface area contributed by atoms with Crippen molar-refractivity contribution in [3.8, 4) is 0 Å². The number of nitrogens with zero attached hydrogens (tertiary/aromatic N) is 5. The Balaban J connectivity index is 0.000000173. The third kappa shape index (κ3) is 7.51. The molecule has 0 aromatic heterocycles. The van der Waals surface area contributed by atoms with E-state index in [1.54, 1.807) is 11.0 Å². The topological polar surface area (TPSA) is 79.4 Å². The first-order chi connectivity index (χ1) is 20.8. The second-order valence-electron chi connectivity index (χ2n) is 11.2. The van der Waals surface area contributed by atoms with Gasteiger partial charge in [0.2, 0.25) is 0 Å².